The van der Waals surface area contributed by atoms with Gasteiger partial charge in [-0.3, -0.25) is 9.78 Å². The Balaban J connectivity index is 2.38. The second-order valence-electron chi connectivity index (χ2n) is 5.35. The Labute approximate surface area is 116 Å². The minimum absolute atomic E-state index is 0.0729. The highest BCUT2D eigenvalue weighted by atomic mass is 19.2. The van der Waals surface area contributed by atoms with Gasteiger partial charge in [-0.25, -0.2) is 8.78 Å². The molecule has 1 aromatic carbocycles. The maximum Gasteiger partial charge on any atom is 0.253 e. The Bertz CT molecular complexity index is 668. The van der Waals surface area contributed by atoms with Crippen LogP contribution in [-0.4, -0.2) is 16.4 Å². The fraction of sp³-hybridized carbons (Fsp3) is 0.333. The monoisotopic (exact) mass is 278 g/mol. The number of carbonyl (C=O) groups excluding carboxylic acids is 1. The number of fused-ring (bicyclic) bond motifs is 1. The number of nitrogens with one attached hydrogen (secondary N) is 1. The predicted octanol–water partition coefficient (Wildman–Crippen LogP) is 3.43. The molecule has 2 rings (SSSR count). The van der Waals surface area contributed by atoms with Gasteiger partial charge in [0.1, 0.15) is 5.52 Å². The molecule has 0 aliphatic rings. The molecule has 20 heavy (non-hydrogen) atoms. The summed E-state index contributed by atoms with van der Waals surface area (Å²) in [5.41, 5.74) is -0.0820. The van der Waals surface area contributed by atoms with E-state index in [0.717, 1.165) is 12.5 Å². The summed E-state index contributed by atoms with van der Waals surface area (Å²) in [6, 6.07) is 3.94. The standard InChI is InChI=1S/C15H16F2N2O/c1-4-15(2,3)19-14(20)10-7-9-5-6-11(16)12(17)13(9)18-8-10/h5-8H,4H2,1-3H3,(H,19,20). The van der Waals surface area contributed by atoms with Crippen molar-refractivity contribution in [3.05, 3.63) is 41.6 Å². The Morgan fingerprint density at radius 3 is 2.70 bits per heavy atom. The molecule has 0 atom stereocenters. The van der Waals surface area contributed by atoms with Crippen molar-refractivity contribution in [3.8, 4) is 0 Å². The topological polar surface area (TPSA) is 42.0 Å². The maximum atomic E-state index is 13.5. The van der Waals surface area contributed by atoms with Crippen LogP contribution in [0.3, 0.4) is 0 Å². The molecule has 1 heterocycles. The van der Waals surface area contributed by atoms with Gasteiger partial charge in [-0.15, -0.1) is 0 Å². The van der Waals surface area contributed by atoms with Crippen LogP contribution in [0.2, 0.25) is 0 Å². The van der Waals surface area contributed by atoms with Gasteiger partial charge in [0.2, 0.25) is 0 Å². The van der Waals surface area contributed by atoms with Crippen LogP contribution in [0.5, 0.6) is 0 Å². The highest BCUT2D eigenvalue weighted by molar-refractivity contribution is 5.97. The lowest BCUT2D eigenvalue weighted by molar-refractivity contribution is 0.0911. The molecule has 0 aliphatic heterocycles. The molecular formula is C15H16F2N2O. The number of nitrogens with zero attached hydrogens (tertiary/aromatic N) is 1. The van der Waals surface area contributed by atoms with E-state index in [1.807, 2.05) is 20.8 Å². The van der Waals surface area contributed by atoms with E-state index in [1.54, 1.807) is 0 Å². The quantitative estimate of drug-likeness (QED) is 0.934. The van der Waals surface area contributed by atoms with Crippen molar-refractivity contribution < 1.29 is 13.6 Å². The van der Waals surface area contributed by atoms with Crippen molar-refractivity contribution in [1.82, 2.24) is 10.3 Å². The molecule has 2 aromatic rings. The van der Waals surface area contributed by atoms with Crippen LogP contribution < -0.4 is 5.32 Å². The molecule has 0 radical (unpaired) electrons. The van der Waals surface area contributed by atoms with Crippen LogP contribution in [0.15, 0.2) is 24.4 Å². The third-order valence-electron chi connectivity index (χ3n) is 3.34. The summed E-state index contributed by atoms with van der Waals surface area (Å²) >= 11 is 0. The summed E-state index contributed by atoms with van der Waals surface area (Å²) in [6.45, 7) is 5.79. The Hall–Kier alpha value is -2.04. The lowest BCUT2D eigenvalue weighted by Gasteiger charge is -2.24. The summed E-state index contributed by atoms with van der Waals surface area (Å²) in [4.78, 5) is 15.9. The van der Waals surface area contributed by atoms with E-state index in [4.69, 9.17) is 0 Å². The first-order valence-corrected chi connectivity index (χ1v) is 6.40. The normalized spacial score (nSPS) is 11.7. The van der Waals surface area contributed by atoms with Crippen molar-refractivity contribution in [1.29, 1.82) is 0 Å². The Morgan fingerprint density at radius 2 is 2.05 bits per heavy atom. The second-order valence-corrected chi connectivity index (χ2v) is 5.35. The van der Waals surface area contributed by atoms with Gasteiger partial charge in [0.15, 0.2) is 11.6 Å². The van der Waals surface area contributed by atoms with Gasteiger partial charge in [0.25, 0.3) is 5.91 Å². The number of rotatable bonds is 3. The van der Waals surface area contributed by atoms with Gasteiger partial charge in [-0.05, 0) is 38.5 Å². The molecule has 1 N–H and O–H groups in total. The summed E-state index contributed by atoms with van der Waals surface area (Å²) in [7, 11) is 0. The maximum absolute atomic E-state index is 13.5. The van der Waals surface area contributed by atoms with Crippen molar-refractivity contribution in [2.45, 2.75) is 32.7 Å². The summed E-state index contributed by atoms with van der Waals surface area (Å²) in [5.74, 6) is -2.23. The first kappa shape index (κ1) is 14.4. The van der Waals surface area contributed by atoms with Gasteiger partial charge >= 0.3 is 0 Å². The molecule has 106 valence electrons. The molecular weight excluding hydrogens is 262 g/mol. The first-order chi connectivity index (χ1) is 9.34. The number of hydrogen-bond donors (Lipinski definition) is 1. The average molecular weight is 278 g/mol. The zero-order valence-corrected chi connectivity index (χ0v) is 11.6. The van der Waals surface area contributed by atoms with Gasteiger partial charge in [0, 0.05) is 17.1 Å². The van der Waals surface area contributed by atoms with Crippen LogP contribution >= 0.6 is 0 Å². The van der Waals surface area contributed by atoms with Crippen LogP contribution in [-0.2, 0) is 0 Å². The van der Waals surface area contributed by atoms with E-state index in [2.05, 4.69) is 10.3 Å². The molecule has 0 fully saturated rings. The van der Waals surface area contributed by atoms with E-state index >= 15 is 0 Å². The highest BCUT2D eigenvalue weighted by Gasteiger charge is 2.19. The van der Waals surface area contributed by atoms with Gasteiger partial charge in [-0.1, -0.05) is 6.92 Å². The number of amides is 1. The average Bonchev–Trinajstić information content (AvgIpc) is 2.42. The largest absolute Gasteiger partial charge is 0.347 e. The molecule has 0 saturated heterocycles. The fourth-order valence-electron chi connectivity index (χ4n) is 1.73. The number of hydrogen-bond acceptors (Lipinski definition) is 2. The predicted molar refractivity (Wildman–Crippen MR) is 73.5 cm³/mol. The number of pyridine rings is 1. The highest BCUT2D eigenvalue weighted by Crippen LogP contribution is 2.19. The van der Waals surface area contributed by atoms with E-state index in [0.29, 0.717) is 10.9 Å². The third-order valence-corrected chi connectivity index (χ3v) is 3.34. The van der Waals surface area contributed by atoms with E-state index in [-0.39, 0.29) is 17.0 Å². The molecule has 5 heteroatoms. The van der Waals surface area contributed by atoms with Crippen LogP contribution in [0.1, 0.15) is 37.6 Å². The van der Waals surface area contributed by atoms with Crippen molar-refractivity contribution in [2.24, 2.45) is 0 Å². The molecule has 0 spiro atoms. The van der Waals surface area contributed by atoms with Crippen LogP contribution in [0, 0.1) is 11.6 Å². The number of halogens is 2. The van der Waals surface area contributed by atoms with Gasteiger partial charge in [-0.2, -0.15) is 0 Å². The Kier molecular flexibility index (Phi) is 3.70. The van der Waals surface area contributed by atoms with Gasteiger partial charge in [0.05, 0.1) is 5.56 Å². The SMILES string of the molecule is CCC(C)(C)NC(=O)c1cnc2c(F)c(F)ccc2c1. The molecule has 3 nitrogen and oxygen atoms in total. The van der Waals surface area contributed by atoms with Crippen LogP contribution in [0.25, 0.3) is 10.9 Å². The van der Waals surface area contributed by atoms with Crippen molar-refractivity contribution in [2.75, 3.05) is 0 Å². The molecule has 0 saturated carbocycles. The lowest BCUT2D eigenvalue weighted by Crippen LogP contribution is -2.42. The molecule has 1 aromatic heterocycles. The molecule has 1 amide bonds. The van der Waals surface area contributed by atoms with Crippen molar-refractivity contribution in [3.63, 3.8) is 0 Å². The second kappa shape index (κ2) is 5.15. The Morgan fingerprint density at radius 1 is 1.35 bits per heavy atom. The molecule has 0 unspecified atom stereocenters. The number of carbonyl (C=O) groups is 1. The van der Waals surface area contributed by atoms with Crippen molar-refractivity contribution >= 4 is 16.8 Å². The fourth-order valence-corrected chi connectivity index (χ4v) is 1.73. The zero-order chi connectivity index (χ0) is 14.9. The molecule has 0 bridgehead atoms. The van der Waals surface area contributed by atoms with E-state index in [9.17, 15) is 13.6 Å². The van der Waals surface area contributed by atoms with Gasteiger partial charge < -0.3 is 5.32 Å². The summed E-state index contributed by atoms with van der Waals surface area (Å²) in [6.07, 6.45) is 2.03. The summed E-state index contributed by atoms with van der Waals surface area (Å²) < 4.78 is 26.6. The number of benzene rings is 1. The lowest BCUT2D eigenvalue weighted by atomic mass is 10.0. The van der Waals surface area contributed by atoms with E-state index < -0.39 is 11.6 Å². The van der Waals surface area contributed by atoms with E-state index in [1.165, 1.54) is 18.3 Å². The smallest absolute Gasteiger partial charge is 0.253 e. The van der Waals surface area contributed by atoms with Crippen LogP contribution in [0.4, 0.5) is 8.78 Å². The minimum Gasteiger partial charge on any atom is -0.347 e. The molecule has 0 aliphatic carbocycles. The number of aromatic nitrogens is 1. The first-order valence-electron chi connectivity index (χ1n) is 6.40. The minimum atomic E-state index is -0.997. The zero-order valence-electron chi connectivity index (χ0n) is 11.6. The summed E-state index contributed by atoms with van der Waals surface area (Å²) in [5, 5.41) is 3.26. The third kappa shape index (κ3) is 2.76.